The second-order valence-electron chi connectivity index (χ2n) is 3.81. The summed E-state index contributed by atoms with van der Waals surface area (Å²) >= 11 is 1.43. The van der Waals surface area contributed by atoms with E-state index >= 15 is 0 Å². The third kappa shape index (κ3) is 2.63. The highest BCUT2D eigenvalue weighted by Crippen LogP contribution is 2.28. The number of rotatable bonds is 5. The van der Waals surface area contributed by atoms with Gasteiger partial charge < -0.3 is 15.6 Å². The van der Waals surface area contributed by atoms with Gasteiger partial charge in [0.05, 0.1) is 13.2 Å². The monoisotopic (exact) mass is 243 g/mol. The zero-order valence-electron chi connectivity index (χ0n) is 9.73. The quantitative estimate of drug-likeness (QED) is 0.584. The molecule has 0 aromatic carbocycles. The van der Waals surface area contributed by atoms with Crippen molar-refractivity contribution in [3.05, 3.63) is 11.8 Å². The summed E-state index contributed by atoms with van der Waals surface area (Å²) in [7, 11) is 1.58. The molecule has 5 nitrogen and oxygen atoms in total. The van der Waals surface area contributed by atoms with Crippen molar-refractivity contribution < 1.29 is 9.84 Å². The van der Waals surface area contributed by atoms with Gasteiger partial charge in [0.2, 0.25) is 0 Å². The van der Waals surface area contributed by atoms with E-state index in [-0.39, 0.29) is 6.61 Å². The standard InChI is InChI=1S/C10H17N3O2S/c1-10(5-14,6-15-2)7-4-12-9(16-3)13-8(7)11/h4,14H,5-6H2,1-3H3,(H2,11,12,13). The highest BCUT2D eigenvalue weighted by Gasteiger charge is 2.29. The van der Waals surface area contributed by atoms with Crippen molar-refractivity contribution in [3.63, 3.8) is 0 Å². The Kier molecular flexibility index (Phi) is 4.52. The van der Waals surface area contributed by atoms with Gasteiger partial charge in [0.15, 0.2) is 5.16 Å². The van der Waals surface area contributed by atoms with Crippen LogP contribution in [0, 0.1) is 0 Å². The lowest BCUT2D eigenvalue weighted by atomic mass is 9.85. The number of anilines is 1. The number of ether oxygens (including phenoxy) is 1. The van der Waals surface area contributed by atoms with Gasteiger partial charge in [-0.05, 0) is 6.26 Å². The number of hydrogen-bond acceptors (Lipinski definition) is 6. The number of nitrogen functional groups attached to an aromatic ring is 1. The molecule has 1 unspecified atom stereocenters. The third-order valence-electron chi connectivity index (χ3n) is 2.44. The summed E-state index contributed by atoms with van der Waals surface area (Å²) in [6.45, 7) is 2.17. The molecule has 0 aliphatic heterocycles. The molecule has 1 atom stereocenters. The first-order valence-electron chi connectivity index (χ1n) is 4.84. The minimum absolute atomic E-state index is 0.0625. The number of thioether (sulfide) groups is 1. The van der Waals surface area contributed by atoms with Crippen LogP contribution in [0.1, 0.15) is 12.5 Å². The molecule has 0 aliphatic carbocycles. The Bertz CT molecular complexity index is 362. The van der Waals surface area contributed by atoms with E-state index < -0.39 is 5.41 Å². The van der Waals surface area contributed by atoms with E-state index in [1.165, 1.54) is 11.8 Å². The molecular formula is C10H17N3O2S. The number of methoxy groups -OCH3 is 1. The molecule has 1 aromatic heterocycles. The zero-order chi connectivity index (χ0) is 12.2. The van der Waals surface area contributed by atoms with Gasteiger partial charge in [0.1, 0.15) is 5.82 Å². The summed E-state index contributed by atoms with van der Waals surface area (Å²) in [5, 5.41) is 10.0. The molecule has 0 saturated carbocycles. The van der Waals surface area contributed by atoms with Crippen LogP contribution in [0.25, 0.3) is 0 Å². The number of aromatic nitrogens is 2. The predicted molar refractivity (Wildman–Crippen MR) is 64.5 cm³/mol. The molecular weight excluding hydrogens is 226 g/mol. The normalized spacial score (nSPS) is 14.8. The van der Waals surface area contributed by atoms with E-state index in [2.05, 4.69) is 9.97 Å². The first-order chi connectivity index (χ1) is 7.57. The maximum absolute atomic E-state index is 9.42. The number of nitrogens with zero attached hydrogens (tertiary/aromatic N) is 2. The van der Waals surface area contributed by atoms with E-state index in [4.69, 9.17) is 10.5 Å². The van der Waals surface area contributed by atoms with Crippen LogP contribution in [0.15, 0.2) is 11.4 Å². The van der Waals surface area contributed by atoms with E-state index in [0.717, 1.165) is 5.56 Å². The summed E-state index contributed by atoms with van der Waals surface area (Å²) in [6.07, 6.45) is 3.54. The Morgan fingerprint density at radius 2 is 2.31 bits per heavy atom. The SMILES string of the molecule is COCC(C)(CO)c1cnc(SC)nc1N. The Morgan fingerprint density at radius 3 is 2.75 bits per heavy atom. The van der Waals surface area contributed by atoms with E-state index in [1.807, 2.05) is 13.2 Å². The van der Waals surface area contributed by atoms with Crippen molar-refractivity contribution in [2.45, 2.75) is 17.5 Å². The molecule has 16 heavy (non-hydrogen) atoms. The fraction of sp³-hybridized carbons (Fsp3) is 0.600. The average Bonchev–Trinajstić information content (AvgIpc) is 2.28. The van der Waals surface area contributed by atoms with Crippen LogP contribution >= 0.6 is 11.8 Å². The average molecular weight is 243 g/mol. The van der Waals surface area contributed by atoms with Gasteiger partial charge >= 0.3 is 0 Å². The Morgan fingerprint density at radius 1 is 1.62 bits per heavy atom. The summed E-state index contributed by atoms with van der Waals surface area (Å²) in [5.41, 5.74) is 6.02. The first kappa shape index (κ1) is 13.2. The molecule has 90 valence electrons. The zero-order valence-corrected chi connectivity index (χ0v) is 10.5. The van der Waals surface area contributed by atoms with E-state index in [0.29, 0.717) is 17.6 Å². The summed E-state index contributed by atoms with van der Waals surface area (Å²) in [5.74, 6) is 0.396. The molecule has 3 N–H and O–H groups in total. The highest BCUT2D eigenvalue weighted by molar-refractivity contribution is 7.98. The predicted octanol–water partition coefficient (Wildman–Crippen LogP) is 0.677. The van der Waals surface area contributed by atoms with Gasteiger partial charge in [-0.1, -0.05) is 18.7 Å². The molecule has 0 aliphatic rings. The van der Waals surface area contributed by atoms with Crippen LogP contribution in [-0.2, 0) is 10.2 Å². The summed E-state index contributed by atoms with van der Waals surface area (Å²) < 4.78 is 5.09. The summed E-state index contributed by atoms with van der Waals surface area (Å²) in [4.78, 5) is 8.31. The van der Waals surface area contributed by atoms with E-state index in [9.17, 15) is 5.11 Å². The number of nitrogens with two attached hydrogens (primary N) is 1. The number of aliphatic hydroxyl groups is 1. The van der Waals surface area contributed by atoms with Crippen molar-refractivity contribution in [1.29, 1.82) is 0 Å². The molecule has 0 spiro atoms. The highest BCUT2D eigenvalue weighted by atomic mass is 32.2. The number of hydrogen-bond donors (Lipinski definition) is 2. The maximum Gasteiger partial charge on any atom is 0.189 e. The van der Waals surface area contributed by atoms with Crippen molar-refractivity contribution in [3.8, 4) is 0 Å². The fourth-order valence-corrected chi connectivity index (χ4v) is 1.82. The third-order valence-corrected chi connectivity index (χ3v) is 3.00. The van der Waals surface area contributed by atoms with Gasteiger partial charge in [-0.3, -0.25) is 0 Å². The molecule has 1 heterocycles. The van der Waals surface area contributed by atoms with Crippen LogP contribution in [0.5, 0.6) is 0 Å². The lowest BCUT2D eigenvalue weighted by Gasteiger charge is -2.27. The van der Waals surface area contributed by atoms with Crippen LogP contribution in [0.4, 0.5) is 5.82 Å². The maximum atomic E-state index is 9.42. The second kappa shape index (κ2) is 5.47. The van der Waals surface area contributed by atoms with Crippen molar-refractivity contribution in [2.24, 2.45) is 0 Å². The Hall–Kier alpha value is -0.850. The van der Waals surface area contributed by atoms with Crippen molar-refractivity contribution >= 4 is 17.6 Å². The topological polar surface area (TPSA) is 81.3 Å². The molecule has 0 radical (unpaired) electrons. The molecule has 0 bridgehead atoms. The van der Waals surface area contributed by atoms with Crippen molar-refractivity contribution in [1.82, 2.24) is 9.97 Å². The number of aliphatic hydroxyl groups excluding tert-OH is 1. The van der Waals surface area contributed by atoms with Crippen LogP contribution in [0.2, 0.25) is 0 Å². The van der Waals surface area contributed by atoms with Gasteiger partial charge in [0.25, 0.3) is 0 Å². The lowest BCUT2D eigenvalue weighted by molar-refractivity contribution is 0.0927. The van der Waals surface area contributed by atoms with Crippen LogP contribution in [-0.4, -0.2) is 41.7 Å². The largest absolute Gasteiger partial charge is 0.395 e. The fourth-order valence-electron chi connectivity index (χ4n) is 1.47. The first-order valence-corrected chi connectivity index (χ1v) is 6.06. The van der Waals surface area contributed by atoms with E-state index in [1.54, 1.807) is 13.3 Å². The Balaban J connectivity index is 3.10. The summed E-state index contributed by atoms with van der Waals surface area (Å²) in [6, 6.07) is 0. The molecule has 0 amide bonds. The minimum atomic E-state index is -0.560. The molecule has 1 rings (SSSR count). The van der Waals surface area contributed by atoms with Crippen LogP contribution < -0.4 is 5.73 Å². The minimum Gasteiger partial charge on any atom is -0.395 e. The smallest absolute Gasteiger partial charge is 0.189 e. The molecule has 0 fully saturated rings. The van der Waals surface area contributed by atoms with Crippen LogP contribution in [0.3, 0.4) is 0 Å². The molecule has 6 heteroatoms. The van der Waals surface area contributed by atoms with Crippen molar-refractivity contribution in [2.75, 3.05) is 32.3 Å². The second-order valence-corrected chi connectivity index (χ2v) is 4.58. The Labute approximate surface area is 99.4 Å². The van der Waals surface area contributed by atoms with Gasteiger partial charge in [0, 0.05) is 24.3 Å². The van der Waals surface area contributed by atoms with Gasteiger partial charge in [-0.25, -0.2) is 9.97 Å². The lowest BCUT2D eigenvalue weighted by Crippen LogP contribution is -2.33. The molecule has 1 aromatic rings. The van der Waals surface area contributed by atoms with Gasteiger partial charge in [-0.2, -0.15) is 0 Å². The molecule has 0 saturated heterocycles. The van der Waals surface area contributed by atoms with Gasteiger partial charge in [-0.15, -0.1) is 0 Å².